The number of hydrogen-bond acceptors (Lipinski definition) is 3. The van der Waals surface area contributed by atoms with Crippen molar-refractivity contribution in [3.05, 3.63) is 39.8 Å². The Kier molecular flexibility index (Phi) is 3.54. The summed E-state index contributed by atoms with van der Waals surface area (Å²) in [7, 11) is 1.43. The largest absolute Gasteiger partial charge is 0.496 e. The Morgan fingerprint density at radius 3 is 2.93 bits per heavy atom. The highest BCUT2D eigenvalue weighted by molar-refractivity contribution is 5.90. The zero-order chi connectivity index (χ0) is 11.3. The van der Waals surface area contributed by atoms with Gasteiger partial charge < -0.3 is 9.84 Å². The molecule has 0 spiro atoms. The number of rotatable bonds is 4. The predicted molar refractivity (Wildman–Crippen MR) is 52.8 cm³/mol. The Hall–Kier alpha value is -2.20. The first-order valence-electron chi connectivity index (χ1n) is 4.10. The first kappa shape index (κ1) is 10.9. The predicted octanol–water partition coefficient (Wildman–Crippen LogP) is 2.20. The number of azide groups is 1. The number of nitrogens with zero attached hydrogens (tertiary/aromatic N) is 3. The van der Waals surface area contributed by atoms with E-state index in [0.717, 1.165) is 0 Å². The van der Waals surface area contributed by atoms with Gasteiger partial charge in [-0.3, -0.25) is 0 Å². The van der Waals surface area contributed by atoms with E-state index in [-0.39, 0.29) is 12.1 Å². The topological polar surface area (TPSA) is 95.3 Å². The summed E-state index contributed by atoms with van der Waals surface area (Å²) in [5.41, 5.74) is 8.66. The number of ether oxygens (including phenoxy) is 1. The van der Waals surface area contributed by atoms with E-state index in [4.69, 9.17) is 15.4 Å². The van der Waals surface area contributed by atoms with E-state index in [9.17, 15) is 4.79 Å². The highest BCUT2D eigenvalue weighted by Crippen LogP contribution is 2.23. The average Bonchev–Trinajstić information content (AvgIpc) is 2.25. The maximum absolute atomic E-state index is 10.9. The molecule has 0 aliphatic heterocycles. The van der Waals surface area contributed by atoms with E-state index in [1.807, 2.05) is 0 Å². The minimum Gasteiger partial charge on any atom is -0.496 e. The van der Waals surface area contributed by atoms with Crippen molar-refractivity contribution in [2.24, 2.45) is 5.11 Å². The second kappa shape index (κ2) is 4.88. The zero-order valence-corrected chi connectivity index (χ0v) is 8.04. The van der Waals surface area contributed by atoms with Crippen LogP contribution >= 0.6 is 0 Å². The molecule has 0 aliphatic rings. The van der Waals surface area contributed by atoms with Crippen LogP contribution in [0, 0.1) is 0 Å². The van der Waals surface area contributed by atoms with Crippen molar-refractivity contribution in [2.45, 2.75) is 6.54 Å². The summed E-state index contributed by atoms with van der Waals surface area (Å²) in [4.78, 5) is 13.4. The third-order valence-electron chi connectivity index (χ3n) is 1.88. The van der Waals surface area contributed by atoms with Crippen LogP contribution in [-0.4, -0.2) is 18.2 Å². The normalized spacial score (nSPS) is 9.13. The number of benzene rings is 1. The van der Waals surface area contributed by atoms with Crippen LogP contribution < -0.4 is 4.74 Å². The van der Waals surface area contributed by atoms with Crippen LogP contribution in [0.1, 0.15) is 15.9 Å². The van der Waals surface area contributed by atoms with Gasteiger partial charge in [-0.25, -0.2) is 4.79 Å². The van der Waals surface area contributed by atoms with Crippen LogP contribution in [0.2, 0.25) is 0 Å². The van der Waals surface area contributed by atoms with Gasteiger partial charge in [0.2, 0.25) is 0 Å². The lowest BCUT2D eigenvalue weighted by Crippen LogP contribution is -2.03. The van der Waals surface area contributed by atoms with Crippen LogP contribution in [0.5, 0.6) is 5.75 Å². The molecular formula is C9H9N3O3. The van der Waals surface area contributed by atoms with Crippen molar-refractivity contribution in [3.63, 3.8) is 0 Å². The van der Waals surface area contributed by atoms with Crippen LogP contribution in [-0.2, 0) is 6.54 Å². The van der Waals surface area contributed by atoms with Gasteiger partial charge in [0, 0.05) is 10.5 Å². The van der Waals surface area contributed by atoms with Gasteiger partial charge in [0.25, 0.3) is 0 Å². The fraction of sp³-hybridized carbons (Fsp3) is 0.222. The van der Waals surface area contributed by atoms with E-state index >= 15 is 0 Å². The van der Waals surface area contributed by atoms with Crippen molar-refractivity contribution in [2.75, 3.05) is 7.11 Å². The number of carboxylic acids is 1. The van der Waals surface area contributed by atoms with Gasteiger partial charge in [-0.15, -0.1) is 0 Å². The standard InChI is InChI=1S/C9H9N3O3/c1-15-8-4-2-3-6(9(13)14)7(8)5-11-12-10/h2-4H,5H2,1H3,(H,13,14). The SMILES string of the molecule is COc1cccc(C(=O)O)c1CN=[N+]=[N-]. The maximum Gasteiger partial charge on any atom is 0.336 e. The molecule has 1 N–H and O–H groups in total. The second-order valence-electron chi connectivity index (χ2n) is 2.68. The molecule has 0 saturated heterocycles. The lowest BCUT2D eigenvalue weighted by Gasteiger charge is -2.08. The van der Waals surface area contributed by atoms with Crippen molar-refractivity contribution in [3.8, 4) is 5.75 Å². The summed E-state index contributed by atoms with van der Waals surface area (Å²) < 4.78 is 4.99. The molecule has 0 aliphatic carbocycles. The molecule has 15 heavy (non-hydrogen) atoms. The summed E-state index contributed by atoms with van der Waals surface area (Å²) in [5, 5.41) is 12.2. The number of carbonyl (C=O) groups is 1. The molecule has 0 amide bonds. The molecule has 6 heteroatoms. The molecule has 0 saturated carbocycles. The van der Waals surface area contributed by atoms with Crippen molar-refractivity contribution >= 4 is 5.97 Å². The smallest absolute Gasteiger partial charge is 0.336 e. The molecule has 6 nitrogen and oxygen atoms in total. The molecule has 0 aromatic heterocycles. The molecule has 1 aromatic carbocycles. The third kappa shape index (κ3) is 2.38. The molecule has 0 atom stereocenters. The Balaban J connectivity index is 3.25. The lowest BCUT2D eigenvalue weighted by molar-refractivity contribution is 0.0695. The van der Waals surface area contributed by atoms with E-state index in [2.05, 4.69) is 10.0 Å². The first-order valence-corrected chi connectivity index (χ1v) is 4.10. The Bertz CT molecular complexity index is 425. The number of methoxy groups -OCH3 is 1. The van der Waals surface area contributed by atoms with Crippen LogP contribution in [0.25, 0.3) is 10.4 Å². The Morgan fingerprint density at radius 1 is 1.67 bits per heavy atom. The molecule has 0 fully saturated rings. The molecule has 1 aromatic rings. The first-order chi connectivity index (χ1) is 7.20. The second-order valence-corrected chi connectivity index (χ2v) is 2.68. The summed E-state index contributed by atoms with van der Waals surface area (Å²) in [6.45, 7) is -0.0395. The molecule has 0 unspecified atom stereocenters. The van der Waals surface area contributed by atoms with E-state index in [1.165, 1.54) is 13.2 Å². The van der Waals surface area contributed by atoms with E-state index < -0.39 is 5.97 Å². The van der Waals surface area contributed by atoms with Gasteiger partial charge in [0.15, 0.2) is 0 Å². The maximum atomic E-state index is 10.9. The van der Waals surface area contributed by atoms with Gasteiger partial charge in [-0.05, 0) is 17.7 Å². The number of aromatic carboxylic acids is 1. The summed E-state index contributed by atoms with van der Waals surface area (Å²) in [6, 6.07) is 4.63. The quantitative estimate of drug-likeness (QED) is 0.465. The molecule has 0 radical (unpaired) electrons. The Morgan fingerprint density at radius 2 is 2.40 bits per heavy atom. The van der Waals surface area contributed by atoms with Gasteiger partial charge in [0.05, 0.1) is 19.2 Å². The lowest BCUT2D eigenvalue weighted by atomic mass is 10.1. The van der Waals surface area contributed by atoms with Gasteiger partial charge in [0.1, 0.15) is 5.75 Å². The van der Waals surface area contributed by atoms with Crippen molar-refractivity contribution < 1.29 is 14.6 Å². The fourth-order valence-electron chi connectivity index (χ4n) is 1.22. The molecule has 1 rings (SSSR count). The molecule has 0 heterocycles. The number of carboxylic acid groups (broad SMARTS) is 1. The average molecular weight is 207 g/mol. The highest BCUT2D eigenvalue weighted by atomic mass is 16.5. The molecule has 0 bridgehead atoms. The third-order valence-corrected chi connectivity index (χ3v) is 1.88. The zero-order valence-electron chi connectivity index (χ0n) is 8.04. The van der Waals surface area contributed by atoms with Crippen LogP contribution in [0.15, 0.2) is 23.3 Å². The Labute approximate surface area is 85.7 Å². The number of hydrogen-bond donors (Lipinski definition) is 1. The minimum absolute atomic E-state index is 0.0395. The van der Waals surface area contributed by atoms with Gasteiger partial charge >= 0.3 is 5.97 Å². The summed E-state index contributed by atoms with van der Waals surface area (Å²) in [5.74, 6) is -0.667. The van der Waals surface area contributed by atoms with Gasteiger partial charge in [-0.1, -0.05) is 11.2 Å². The highest BCUT2D eigenvalue weighted by Gasteiger charge is 2.13. The minimum atomic E-state index is -1.07. The van der Waals surface area contributed by atoms with Crippen molar-refractivity contribution in [1.82, 2.24) is 0 Å². The van der Waals surface area contributed by atoms with Crippen molar-refractivity contribution in [1.29, 1.82) is 0 Å². The van der Waals surface area contributed by atoms with Crippen LogP contribution in [0.3, 0.4) is 0 Å². The van der Waals surface area contributed by atoms with Gasteiger partial charge in [-0.2, -0.15) is 0 Å². The molecule has 78 valence electrons. The van der Waals surface area contributed by atoms with E-state index in [1.54, 1.807) is 12.1 Å². The monoisotopic (exact) mass is 207 g/mol. The van der Waals surface area contributed by atoms with E-state index in [0.29, 0.717) is 11.3 Å². The fourth-order valence-corrected chi connectivity index (χ4v) is 1.22. The molecular weight excluding hydrogens is 198 g/mol. The summed E-state index contributed by atoms with van der Waals surface area (Å²) in [6.07, 6.45) is 0. The van der Waals surface area contributed by atoms with Crippen LogP contribution in [0.4, 0.5) is 0 Å². The summed E-state index contributed by atoms with van der Waals surface area (Å²) >= 11 is 0.